The monoisotopic (exact) mass is 187 g/mol. The van der Waals surface area contributed by atoms with Crippen LogP contribution in [0.2, 0.25) is 0 Å². The fourth-order valence-corrected chi connectivity index (χ4v) is 2.54. The van der Waals surface area contributed by atoms with Gasteiger partial charge >= 0.3 is 0 Å². The van der Waals surface area contributed by atoms with E-state index in [1.807, 2.05) is 0 Å². The van der Waals surface area contributed by atoms with Crippen molar-refractivity contribution in [2.45, 2.75) is 39.5 Å². The molecule has 0 aliphatic heterocycles. The Balaban J connectivity index is 2.20. The molecule has 1 aliphatic rings. The van der Waals surface area contributed by atoms with Crippen LogP contribution in [0.5, 0.6) is 0 Å². The molecule has 1 radical (unpaired) electrons. The topological polar surface area (TPSA) is 0 Å². The molecule has 0 saturated heterocycles. The summed E-state index contributed by atoms with van der Waals surface area (Å²) in [6.45, 7) is 4.67. The third kappa shape index (κ3) is 1.84. The van der Waals surface area contributed by atoms with Crippen molar-refractivity contribution in [2.75, 3.05) is 0 Å². The molecule has 0 bridgehead atoms. The Hall–Kier alpha value is -0.780. The van der Waals surface area contributed by atoms with Gasteiger partial charge in [-0.15, -0.1) is 0 Å². The maximum Gasteiger partial charge on any atom is -0.00310 e. The van der Waals surface area contributed by atoms with Gasteiger partial charge in [-0.3, -0.25) is 0 Å². The van der Waals surface area contributed by atoms with Gasteiger partial charge in [0.15, 0.2) is 0 Å². The lowest BCUT2D eigenvalue weighted by molar-refractivity contribution is 0.320. The lowest BCUT2D eigenvalue weighted by atomic mass is 9.70. The summed E-state index contributed by atoms with van der Waals surface area (Å²) < 4.78 is 0. The highest BCUT2D eigenvalue weighted by atomic mass is 14.3. The van der Waals surface area contributed by atoms with E-state index in [0.29, 0.717) is 5.41 Å². The van der Waals surface area contributed by atoms with Crippen LogP contribution in [0.3, 0.4) is 0 Å². The second-order valence-corrected chi connectivity index (χ2v) is 4.75. The molecule has 0 N–H and O–H groups in total. The van der Waals surface area contributed by atoms with Gasteiger partial charge in [0, 0.05) is 0 Å². The smallest absolute Gasteiger partial charge is 0.00310 e. The van der Waals surface area contributed by atoms with Crippen LogP contribution < -0.4 is 0 Å². The first-order chi connectivity index (χ1) is 6.73. The van der Waals surface area contributed by atoms with Gasteiger partial charge in [-0.1, -0.05) is 44.5 Å². The molecule has 1 atom stereocenters. The van der Waals surface area contributed by atoms with Crippen molar-refractivity contribution in [1.82, 2.24) is 0 Å². The minimum Gasteiger partial charge on any atom is -0.0654 e. The number of hydrogen-bond acceptors (Lipinski definition) is 0. The molecule has 1 aromatic carbocycles. The summed E-state index contributed by atoms with van der Waals surface area (Å²) in [6, 6.07) is 8.81. The minimum atomic E-state index is 0.448. The molecule has 0 heterocycles. The van der Waals surface area contributed by atoms with E-state index in [0.717, 1.165) is 0 Å². The van der Waals surface area contributed by atoms with E-state index in [4.69, 9.17) is 0 Å². The van der Waals surface area contributed by atoms with E-state index in [1.54, 1.807) is 0 Å². The van der Waals surface area contributed by atoms with Crippen molar-refractivity contribution in [3.05, 3.63) is 41.8 Å². The lowest BCUT2D eigenvalue weighted by Gasteiger charge is -2.34. The molecule has 0 aromatic heterocycles. The number of rotatable bonds is 2. The Morgan fingerprint density at radius 3 is 2.86 bits per heavy atom. The van der Waals surface area contributed by atoms with Crippen LogP contribution in [0.4, 0.5) is 0 Å². The van der Waals surface area contributed by atoms with Gasteiger partial charge in [0.25, 0.3) is 0 Å². The first-order valence-electron chi connectivity index (χ1n) is 5.67. The first kappa shape index (κ1) is 9.76. The first-order valence-corrected chi connectivity index (χ1v) is 5.67. The average molecular weight is 187 g/mol. The van der Waals surface area contributed by atoms with Crippen LogP contribution in [0.15, 0.2) is 24.3 Å². The van der Waals surface area contributed by atoms with Crippen molar-refractivity contribution in [1.29, 1.82) is 0 Å². The van der Waals surface area contributed by atoms with Gasteiger partial charge in [-0.2, -0.15) is 0 Å². The van der Waals surface area contributed by atoms with Crippen LogP contribution in [-0.4, -0.2) is 0 Å². The third-order valence-electron chi connectivity index (χ3n) is 3.35. The Kier molecular flexibility index (Phi) is 2.62. The zero-order valence-electron chi connectivity index (χ0n) is 9.22. The Bertz CT molecular complexity index is 314. The van der Waals surface area contributed by atoms with Crippen LogP contribution in [0.1, 0.15) is 44.2 Å². The second kappa shape index (κ2) is 3.76. The summed E-state index contributed by atoms with van der Waals surface area (Å²) >= 11 is 0. The third-order valence-corrected chi connectivity index (χ3v) is 3.35. The fourth-order valence-electron chi connectivity index (χ4n) is 2.54. The highest BCUT2D eigenvalue weighted by molar-refractivity contribution is 5.37. The highest BCUT2D eigenvalue weighted by Crippen LogP contribution is 2.40. The van der Waals surface area contributed by atoms with Crippen molar-refractivity contribution < 1.29 is 0 Å². The molecule has 2 rings (SSSR count). The lowest BCUT2D eigenvalue weighted by Crippen LogP contribution is -2.23. The van der Waals surface area contributed by atoms with E-state index >= 15 is 0 Å². The maximum atomic E-state index is 2.48. The Morgan fingerprint density at radius 1 is 1.29 bits per heavy atom. The Morgan fingerprint density at radius 2 is 2.07 bits per heavy atom. The summed E-state index contributed by atoms with van der Waals surface area (Å²) in [5, 5.41) is 0. The van der Waals surface area contributed by atoms with Gasteiger partial charge in [0.05, 0.1) is 0 Å². The molecule has 0 amide bonds. The quantitative estimate of drug-likeness (QED) is 0.656. The van der Waals surface area contributed by atoms with Crippen molar-refractivity contribution in [3.63, 3.8) is 0 Å². The Labute approximate surface area is 87.3 Å². The zero-order valence-corrected chi connectivity index (χ0v) is 9.22. The van der Waals surface area contributed by atoms with Crippen molar-refractivity contribution in [3.8, 4) is 0 Å². The van der Waals surface area contributed by atoms with Gasteiger partial charge in [-0.05, 0) is 42.2 Å². The summed E-state index contributed by atoms with van der Waals surface area (Å²) in [5.74, 6) is 0. The van der Waals surface area contributed by atoms with Crippen LogP contribution in [0, 0.1) is 11.8 Å². The predicted molar refractivity (Wildman–Crippen MR) is 61.2 cm³/mol. The van der Waals surface area contributed by atoms with Crippen molar-refractivity contribution in [2.24, 2.45) is 5.41 Å². The molecule has 0 heteroatoms. The molecule has 1 aliphatic carbocycles. The molecular formula is C14H19. The molecule has 0 nitrogen and oxygen atoms in total. The number of benzene rings is 1. The van der Waals surface area contributed by atoms with E-state index in [-0.39, 0.29) is 0 Å². The summed E-state index contributed by atoms with van der Waals surface area (Å²) in [5.41, 5.74) is 3.44. The van der Waals surface area contributed by atoms with Gasteiger partial charge in [-0.25, -0.2) is 0 Å². The van der Waals surface area contributed by atoms with Gasteiger partial charge < -0.3 is 0 Å². The largest absolute Gasteiger partial charge is 0.0654 e. The molecule has 14 heavy (non-hydrogen) atoms. The molecule has 0 fully saturated rings. The van der Waals surface area contributed by atoms with E-state index < -0.39 is 0 Å². The zero-order chi connectivity index (χ0) is 10.0. The molecule has 1 aromatic rings. The van der Waals surface area contributed by atoms with Gasteiger partial charge in [0.1, 0.15) is 0 Å². The van der Waals surface area contributed by atoms with Crippen LogP contribution in [-0.2, 0) is 6.42 Å². The SMILES string of the molecule is CCCC1(C)[CH]c2ccccc2CC1. The summed E-state index contributed by atoms with van der Waals surface area (Å²) in [7, 11) is 0. The van der Waals surface area contributed by atoms with E-state index in [9.17, 15) is 0 Å². The van der Waals surface area contributed by atoms with E-state index in [2.05, 4.69) is 44.5 Å². The minimum absolute atomic E-state index is 0.448. The van der Waals surface area contributed by atoms with Crippen LogP contribution in [0.25, 0.3) is 0 Å². The average Bonchev–Trinajstić information content (AvgIpc) is 2.17. The summed E-state index contributed by atoms with van der Waals surface area (Å²) in [4.78, 5) is 0. The van der Waals surface area contributed by atoms with Gasteiger partial charge in [0.2, 0.25) is 0 Å². The fraction of sp³-hybridized carbons (Fsp3) is 0.500. The van der Waals surface area contributed by atoms with Crippen molar-refractivity contribution >= 4 is 0 Å². The standard InChI is InChI=1S/C14H19/c1-3-9-14(2)10-8-12-6-4-5-7-13(12)11-14/h4-7,11H,3,8-10H2,1-2H3. The molecule has 75 valence electrons. The number of hydrogen-bond donors (Lipinski definition) is 0. The highest BCUT2D eigenvalue weighted by Gasteiger charge is 2.28. The summed E-state index contributed by atoms with van der Waals surface area (Å²) in [6.07, 6.45) is 7.66. The normalized spacial score (nSPS) is 25.9. The maximum absolute atomic E-state index is 2.48. The number of fused-ring (bicyclic) bond motifs is 1. The second-order valence-electron chi connectivity index (χ2n) is 4.75. The number of aryl methyl sites for hydroxylation is 1. The molecule has 0 saturated carbocycles. The molecule has 1 unspecified atom stereocenters. The predicted octanol–water partition coefficient (Wildman–Crippen LogP) is 3.99. The molecule has 0 spiro atoms. The molecular weight excluding hydrogens is 168 g/mol. The van der Waals surface area contributed by atoms with Crippen LogP contribution >= 0.6 is 0 Å². The van der Waals surface area contributed by atoms with E-state index in [1.165, 1.54) is 36.8 Å².